The van der Waals surface area contributed by atoms with Crippen LogP contribution in [0.2, 0.25) is 0 Å². The average Bonchev–Trinajstić information content (AvgIpc) is 3.39. The van der Waals surface area contributed by atoms with Gasteiger partial charge in [0.25, 0.3) is 5.89 Å². The Kier molecular flexibility index (Phi) is 3.32. The van der Waals surface area contributed by atoms with Crippen molar-refractivity contribution in [3.63, 3.8) is 0 Å². The minimum Gasteiger partial charge on any atom is -0.423 e. The number of para-hydroxylation sites is 1. The van der Waals surface area contributed by atoms with Crippen LogP contribution in [0, 0.1) is 0 Å². The van der Waals surface area contributed by atoms with Crippen molar-refractivity contribution in [3.8, 4) is 28.4 Å². The van der Waals surface area contributed by atoms with Gasteiger partial charge in [-0.2, -0.15) is 5.10 Å². The van der Waals surface area contributed by atoms with Gasteiger partial charge in [0, 0.05) is 5.56 Å². The van der Waals surface area contributed by atoms with Crippen LogP contribution < -0.4 is 5.73 Å². The monoisotopic (exact) mass is 359 g/mol. The van der Waals surface area contributed by atoms with Gasteiger partial charge in [-0.15, -0.1) is 21.5 Å². The lowest BCUT2D eigenvalue weighted by atomic mass is 10.1. The first-order valence-electron chi connectivity index (χ1n) is 8.01. The highest BCUT2D eigenvalue weighted by Crippen LogP contribution is 2.45. The molecule has 2 N–H and O–H groups in total. The fourth-order valence-electron chi connectivity index (χ4n) is 3.03. The fourth-order valence-corrected chi connectivity index (χ4v) is 4.07. The van der Waals surface area contributed by atoms with Gasteiger partial charge in [-0.05, 0) is 12.1 Å². The molecular weight excluding hydrogens is 346 g/mol. The summed E-state index contributed by atoms with van der Waals surface area (Å²) >= 11 is 1.48. The number of benzene rings is 2. The zero-order valence-electron chi connectivity index (χ0n) is 13.5. The van der Waals surface area contributed by atoms with Gasteiger partial charge in [-0.1, -0.05) is 48.5 Å². The third kappa shape index (κ3) is 2.21. The van der Waals surface area contributed by atoms with Crippen molar-refractivity contribution in [2.45, 2.75) is 0 Å². The summed E-state index contributed by atoms with van der Waals surface area (Å²) in [4.78, 5) is 0. The van der Waals surface area contributed by atoms with Gasteiger partial charge in [-0.3, -0.25) is 0 Å². The molecule has 0 unspecified atom stereocenters. The van der Waals surface area contributed by atoms with Gasteiger partial charge in [0.15, 0.2) is 0 Å². The minimum atomic E-state index is 0.394. The van der Waals surface area contributed by atoms with Crippen molar-refractivity contribution in [2.24, 2.45) is 0 Å². The Morgan fingerprint density at radius 1 is 0.962 bits per heavy atom. The molecule has 5 rings (SSSR count). The minimum absolute atomic E-state index is 0.394. The second kappa shape index (κ2) is 5.82. The number of nitrogen functional groups attached to an aromatic ring is 1. The molecule has 26 heavy (non-hydrogen) atoms. The second-order valence-electron chi connectivity index (χ2n) is 5.72. The van der Waals surface area contributed by atoms with Gasteiger partial charge in [0.1, 0.15) is 16.2 Å². The SMILES string of the molecule is Nc1sc2c(-c3ccccc3)nn(-c3ccccc3)c2c1-c1nnco1. The van der Waals surface area contributed by atoms with Gasteiger partial charge in [0.2, 0.25) is 6.39 Å². The standard InChI is InChI=1S/C19H13N5OS/c20-18-14(19-22-21-11-25-19)16-17(26-18)15(12-7-3-1-4-8-12)23-24(16)13-9-5-2-6-10-13/h1-11H,20H2. The van der Waals surface area contributed by atoms with E-state index in [1.54, 1.807) is 0 Å². The van der Waals surface area contributed by atoms with E-state index in [-0.39, 0.29) is 0 Å². The summed E-state index contributed by atoms with van der Waals surface area (Å²) in [6, 6.07) is 20.0. The van der Waals surface area contributed by atoms with Crippen molar-refractivity contribution in [2.75, 3.05) is 5.73 Å². The first kappa shape index (κ1) is 14.9. The van der Waals surface area contributed by atoms with Gasteiger partial charge in [-0.25, -0.2) is 4.68 Å². The number of thiophene rings is 1. The molecule has 0 bridgehead atoms. The maximum atomic E-state index is 6.33. The van der Waals surface area contributed by atoms with E-state index in [0.29, 0.717) is 10.9 Å². The van der Waals surface area contributed by atoms with Crippen LogP contribution in [0.4, 0.5) is 5.00 Å². The number of hydrogen-bond donors (Lipinski definition) is 1. The molecule has 6 nitrogen and oxygen atoms in total. The lowest BCUT2D eigenvalue weighted by Gasteiger charge is -2.04. The molecule has 2 aromatic carbocycles. The fraction of sp³-hybridized carbons (Fsp3) is 0. The molecule has 3 aromatic heterocycles. The van der Waals surface area contributed by atoms with Crippen molar-refractivity contribution in [1.82, 2.24) is 20.0 Å². The van der Waals surface area contributed by atoms with Gasteiger partial charge >= 0.3 is 0 Å². The lowest BCUT2D eigenvalue weighted by Crippen LogP contribution is -1.98. The number of nitrogens with two attached hydrogens (primary N) is 1. The van der Waals surface area contributed by atoms with Crippen molar-refractivity contribution in [1.29, 1.82) is 0 Å². The van der Waals surface area contributed by atoms with Crippen LogP contribution in [0.3, 0.4) is 0 Å². The molecule has 0 spiro atoms. The second-order valence-corrected chi connectivity index (χ2v) is 6.78. The summed E-state index contributed by atoms with van der Waals surface area (Å²) in [5.74, 6) is 0.394. The Morgan fingerprint density at radius 2 is 1.69 bits per heavy atom. The Morgan fingerprint density at radius 3 is 2.38 bits per heavy atom. The summed E-state index contributed by atoms with van der Waals surface area (Å²) in [6.45, 7) is 0. The van der Waals surface area contributed by atoms with Crippen LogP contribution in [-0.2, 0) is 0 Å². The van der Waals surface area contributed by atoms with Crippen molar-refractivity contribution in [3.05, 3.63) is 67.1 Å². The van der Waals surface area contributed by atoms with Crippen molar-refractivity contribution < 1.29 is 4.42 Å². The molecular formula is C19H13N5OS. The highest BCUT2D eigenvalue weighted by molar-refractivity contribution is 7.23. The average molecular weight is 359 g/mol. The summed E-state index contributed by atoms with van der Waals surface area (Å²) in [6.07, 6.45) is 1.31. The molecule has 0 atom stereocenters. The molecule has 0 amide bonds. The molecule has 0 aliphatic rings. The predicted molar refractivity (Wildman–Crippen MR) is 102 cm³/mol. The number of hydrogen-bond acceptors (Lipinski definition) is 6. The Bertz CT molecular complexity index is 1180. The molecule has 0 radical (unpaired) electrons. The molecule has 0 fully saturated rings. The van der Waals surface area contributed by atoms with E-state index in [9.17, 15) is 0 Å². The highest BCUT2D eigenvalue weighted by atomic mass is 32.1. The number of rotatable bonds is 3. The first-order valence-corrected chi connectivity index (χ1v) is 8.83. The van der Waals surface area contributed by atoms with E-state index in [4.69, 9.17) is 15.2 Å². The molecule has 0 saturated heterocycles. The molecule has 5 aromatic rings. The van der Waals surface area contributed by atoms with Gasteiger partial charge in [0.05, 0.1) is 16.0 Å². The first-order chi connectivity index (χ1) is 12.8. The molecule has 7 heteroatoms. The number of anilines is 1. The van der Waals surface area contributed by atoms with E-state index in [2.05, 4.69) is 10.2 Å². The highest BCUT2D eigenvalue weighted by Gasteiger charge is 2.25. The topological polar surface area (TPSA) is 82.8 Å². The predicted octanol–water partition coefficient (Wildman–Crippen LogP) is 4.39. The van der Waals surface area contributed by atoms with E-state index in [0.717, 1.165) is 32.7 Å². The van der Waals surface area contributed by atoms with Crippen LogP contribution in [0.15, 0.2) is 71.5 Å². The number of aromatic nitrogens is 4. The third-order valence-electron chi connectivity index (χ3n) is 4.16. The number of nitrogens with zero attached hydrogens (tertiary/aromatic N) is 4. The molecule has 3 heterocycles. The van der Waals surface area contributed by atoms with Crippen LogP contribution in [0.1, 0.15) is 0 Å². The zero-order valence-corrected chi connectivity index (χ0v) is 14.4. The van der Waals surface area contributed by atoms with Crippen LogP contribution in [0.5, 0.6) is 0 Å². The molecule has 126 valence electrons. The summed E-state index contributed by atoms with van der Waals surface area (Å²) in [5, 5.41) is 13.4. The van der Waals surface area contributed by atoms with E-state index >= 15 is 0 Å². The van der Waals surface area contributed by atoms with Crippen LogP contribution >= 0.6 is 11.3 Å². The Balaban J connectivity index is 1.88. The summed E-state index contributed by atoms with van der Waals surface area (Å²) in [5.41, 5.74) is 10.8. The lowest BCUT2D eigenvalue weighted by molar-refractivity contribution is 0.569. The number of fused-ring (bicyclic) bond motifs is 1. The summed E-state index contributed by atoms with van der Waals surface area (Å²) in [7, 11) is 0. The maximum Gasteiger partial charge on any atom is 0.252 e. The quantitative estimate of drug-likeness (QED) is 0.517. The van der Waals surface area contributed by atoms with E-state index in [1.165, 1.54) is 17.7 Å². The van der Waals surface area contributed by atoms with Crippen molar-refractivity contribution >= 4 is 26.6 Å². The van der Waals surface area contributed by atoms with Gasteiger partial charge < -0.3 is 10.2 Å². The molecule has 0 aliphatic heterocycles. The van der Waals surface area contributed by atoms with Crippen LogP contribution in [0.25, 0.3) is 38.6 Å². The maximum absolute atomic E-state index is 6.33. The normalized spacial score (nSPS) is 11.2. The van der Waals surface area contributed by atoms with E-state index < -0.39 is 0 Å². The largest absolute Gasteiger partial charge is 0.423 e. The smallest absolute Gasteiger partial charge is 0.252 e. The Hall–Kier alpha value is -3.45. The third-order valence-corrected chi connectivity index (χ3v) is 5.17. The summed E-state index contributed by atoms with van der Waals surface area (Å²) < 4.78 is 8.32. The molecule has 0 aliphatic carbocycles. The van der Waals surface area contributed by atoms with E-state index in [1.807, 2.05) is 65.3 Å². The Labute approximate surface area is 152 Å². The zero-order chi connectivity index (χ0) is 17.5. The van der Waals surface area contributed by atoms with Crippen LogP contribution in [-0.4, -0.2) is 20.0 Å². The molecule has 0 saturated carbocycles.